The number of nitrogens with one attached hydrogen (secondary N) is 2. The maximum absolute atomic E-state index is 12.0. The highest BCUT2D eigenvalue weighted by Crippen LogP contribution is 2.34. The Labute approximate surface area is 133 Å². The molecule has 1 aliphatic rings. The van der Waals surface area contributed by atoms with E-state index in [1.807, 2.05) is 0 Å². The number of hydrogen-bond donors (Lipinski definition) is 2. The molecule has 1 fully saturated rings. The molecule has 4 nitrogen and oxygen atoms in total. The van der Waals surface area contributed by atoms with Gasteiger partial charge in [-0.15, -0.1) is 23.7 Å². The Bertz CT molecular complexity index is 513. The highest BCUT2D eigenvalue weighted by molar-refractivity contribution is 7.89. The quantitative estimate of drug-likeness (QED) is 0.843. The lowest BCUT2D eigenvalue weighted by atomic mass is 10.1. The van der Waals surface area contributed by atoms with Gasteiger partial charge in [-0.2, -0.15) is 0 Å². The lowest BCUT2D eigenvalue weighted by Crippen LogP contribution is -2.26. The Kier molecular flexibility index (Phi) is 6.86. The van der Waals surface area contributed by atoms with Crippen molar-refractivity contribution in [3.8, 4) is 0 Å². The Morgan fingerprint density at radius 1 is 1.47 bits per heavy atom. The molecule has 19 heavy (non-hydrogen) atoms. The third-order valence-corrected chi connectivity index (χ3v) is 6.14. The highest BCUT2D eigenvalue weighted by atomic mass is 35.5. The molecule has 9 heteroatoms. The average molecular weight is 366 g/mol. The predicted octanol–water partition coefficient (Wildman–Crippen LogP) is 2.75. The zero-order valence-electron chi connectivity index (χ0n) is 9.99. The van der Waals surface area contributed by atoms with Crippen LogP contribution in [0.5, 0.6) is 0 Å². The number of halogens is 3. The molecule has 0 saturated carbocycles. The van der Waals surface area contributed by atoms with Crippen molar-refractivity contribution in [3.63, 3.8) is 0 Å². The van der Waals surface area contributed by atoms with Gasteiger partial charge in [-0.25, -0.2) is 13.1 Å². The van der Waals surface area contributed by atoms with Gasteiger partial charge in [0.15, 0.2) is 0 Å². The molecular formula is C10H15Cl3N2O2S2. The Balaban J connectivity index is 0.00000180. The molecule has 1 aromatic heterocycles. The second-order valence-electron chi connectivity index (χ2n) is 4.23. The van der Waals surface area contributed by atoms with E-state index in [4.69, 9.17) is 23.2 Å². The summed E-state index contributed by atoms with van der Waals surface area (Å²) in [7, 11) is -3.54. The number of thiophene rings is 1. The van der Waals surface area contributed by atoms with Gasteiger partial charge in [0, 0.05) is 6.54 Å². The zero-order valence-corrected chi connectivity index (χ0v) is 13.9. The summed E-state index contributed by atoms with van der Waals surface area (Å²) in [5.74, 6) is 0.550. The maximum Gasteiger partial charge on any atom is 0.242 e. The fourth-order valence-corrected chi connectivity index (χ4v) is 5.14. The summed E-state index contributed by atoms with van der Waals surface area (Å²) in [5, 5.41) is 3.25. The SMILES string of the molecule is Cl.O=S(=O)(NCCC1CCNC1)c1cc(Cl)sc1Cl. The second-order valence-corrected chi connectivity index (χ2v) is 8.25. The van der Waals surface area contributed by atoms with E-state index in [1.54, 1.807) is 0 Å². The average Bonchev–Trinajstić information content (AvgIpc) is 2.88. The van der Waals surface area contributed by atoms with E-state index in [2.05, 4.69) is 10.0 Å². The molecule has 0 aromatic carbocycles. The molecule has 0 aliphatic carbocycles. The number of sulfonamides is 1. The van der Waals surface area contributed by atoms with Crippen LogP contribution in [0, 0.1) is 5.92 Å². The summed E-state index contributed by atoms with van der Waals surface area (Å²) in [6.07, 6.45) is 1.94. The van der Waals surface area contributed by atoms with E-state index in [0.717, 1.165) is 37.3 Å². The molecule has 1 aromatic rings. The van der Waals surface area contributed by atoms with Gasteiger partial charge < -0.3 is 5.32 Å². The molecule has 0 radical (unpaired) electrons. The molecule has 1 aliphatic heterocycles. The summed E-state index contributed by atoms with van der Waals surface area (Å²) in [5.41, 5.74) is 0. The van der Waals surface area contributed by atoms with Crippen LogP contribution < -0.4 is 10.0 Å². The van der Waals surface area contributed by atoms with Gasteiger partial charge >= 0.3 is 0 Å². The number of hydrogen-bond acceptors (Lipinski definition) is 4. The number of rotatable bonds is 5. The van der Waals surface area contributed by atoms with Crippen molar-refractivity contribution >= 4 is 57.0 Å². The van der Waals surface area contributed by atoms with E-state index in [1.165, 1.54) is 6.07 Å². The molecule has 1 atom stereocenters. The molecule has 1 unspecified atom stereocenters. The minimum atomic E-state index is -3.54. The van der Waals surface area contributed by atoms with E-state index in [-0.39, 0.29) is 21.6 Å². The first kappa shape index (κ1) is 17.5. The standard InChI is InChI=1S/C10H14Cl2N2O2S2.ClH/c11-9-5-8(10(12)17-9)18(15,16)14-4-2-7-1-3-13-6-7;/h5,7,13-14H,1-4,6H2;1H. The van der Waals surface area contributed by atoms with Crippen LogP contribution in [0.3, 0.4) is 0 Å². The van der Waals surface area contributed by atoms with Gasteiger partial charge in [-0.3, -0.25) is 0 Å². The molecule has 1 saturated heterocycles. The van der Waals surface area contributed by atoms with Gasteiger partial charge in [0.05, 0.1) is 4.34 Å². The second kappa shape index (κ2) is 7.45. The zero-order chi connectivity index (χ0) is 13.2. The first-order valence-electron chi connectivity index (χ1n) is 5.64. The van der Waals surface area contributed by atoms with Crippen LogP contribution in [0.1, 0.15) is 12.8 Å². The topological polar surface area (TPSA) is 58.2 Å². The maximum atomic E-state index is 12.0. The summed E-state index contributed by atoms with van der Waals surface area (Å²) in [4.78, 5) is 0.0729. The summed E-state index contributed by atoms with van der Waals surface area (Å²) < 4.78 is 27.1. The van der Waals surface area contributed by atoms with Crippen LogP contribution in [0.25, 0.3) is 0 Å². The van der Waals surface area contributed by atoms with Crippen molar-refractivity contribution in [2.75, 3.05) is 19.6 Å². The van der Waals surface area contributed by atoms with Crippen molar-refractivity contribution in [1.29, 1.82) is 0 Å². The minimum Gasteiger partial charge on any atom is -0.316 e. The smallest absolute Gasteiger partial charge is 0.242 e. The lowest BCUT2D eigenvalue weighted by Gasteiger charge is -2.09. The van der Waals surface area contributed by atoms with Gasteiger partial charge in [0.25, 0.3) is 0 Å². The van der Waals surface area contributed by atoms with Gasteiger partial charge in [0.2, 0.25) is 10.0 Å². The molecule has 0 amide bonds. The molecular weight excluding hydrogens is 351 g/mol. The normalized spacial score (nSPS) is 19.4. The fraction of sp³-hybridized carbons (Fsp3) is 0.600. The van der Waals surface area contributed by atoms with Crippen molar-refractivity contribution in [3.05, 3.63) is 14.7 Å². The first-order chi connectivity index (χ1) is 8.49. The van der Waals surface area contributed by atoms with Crippen LogP contribution >= 0.6 is 46.9 Å². The van der Waals surface area contributed by atoms with E-state index < -0.39 is 10.0 Å². The van der Waals surface area contributed by atoms with Crippen molar-refractivity contribution in [1.82, 2.24) is 10.0 Å². The summed E-state index contributed by atoms with van der Waals surface area (Å²) in [6, 6.07) is 1.38. The Hall–Kier alpha value is 0.440. The Morgan fingerprint density at radius 3 is 2.74 bits per heavy atom. The van der Waals surface area contributed by atoms with E-state index in [0.29, 0.717) is 16.8 Å². The highest BCUT2D eigenvalue weighted by Gasteiger charge is 2.21. The summed E-state index contributed by atoms with van der Waals surface area (Å²) >= 11 is 12.6. The molecule has 2 heterocycles. The van der Waals surface area contributed by atoms with Crippen molar-refractivity contribution < 1.29 is 8.42 Å². The van der Waals surface area contributed by atoms with Crippen LogP contribution in [-0.4, -0.2) is 28.1 Å². The van der Waals surface area contributed by atoms with Gasteiger partial charge in [-0.05, 0) is 37.9 Å². The van der Waals surface area contributed by atoms with Crippen LogP contribution in [0.4, 0.5) is 0 Å². The van der Waals surface area contributed by atoms with Crippen LogP contribution in [-0.2, 0) is 10.0 Å². The van der Waals surface area contributed by atoms with Crippen LogP contribution in [0.2, 0.25) is 8.67 Å². The third kappa shape index (κ3) is 4.74. The Morgan fingerprint density at radius 2 is 2.21 bits per heavy atom. The van der Waals surface area contributed by atoms with Crippen LogP contribution in [0.15, 0.2) is 11.0 Å². The van der Waals surface area contributed by atoms with E-state index >= 15 is 0 Å². The molecule has 0 spiro atoms. The first-order valence-corrected chi connectivity index (χ1v) is 8.70. The minimum absolute atomic E-state index is 0. The molecule has 110 valence electrons. The van der Waals surface area contributed by atoms with E-state index in [9.17, 15) is 8.42 Å². The molecule has 2 N–H and O–H groups in total. The lowest BCUT2D eigenvalue weighted by molar-refractivity contribution is 0.519. The monoisotopic (exact) mass is 364 g/mol. The fourth-order valence-electron chi connectivity index (χ4n) is 1.94. The third-order valence-electron chi connectivity index (χ3n) is 2.92. The molecule has 2 rings (SSSR count). The van der Waals surface area contributed by atoms with Gasteiger partial charge in [0.1, 0.15) is 9.23 Å². The summed E-state index contributed by atoms with van der Waals surface area (Å²) in [6.45, 7) is 2.41. The van der Waals surface area contributed by atoms with Crippen molar-refractivity contribution in [2.24, 2.45) is 5.92 Å². The van der Waals surface area contributed by atoms with Crippen molar-refractivity contribution in [2.45, 2.75) is 17.7 Å². The molecule has 0 bridgehead atoms. The predicted molar refractivity (Wildman–Crippen MR) is 82.4 cm³/mol. The van der Waals surface area contributed by atoms with Gasteiger partial charge in [-0.1, -0.05) is 23.2 Å². The largest absolute Gasteiger partial charge is 0.316 e.